The van der Waals surface area contributed by atoms with E-state index in [4.69, 9.17) is 5.73 Å². The third-order valence-corrected chi connectivity index (χ3v) is 3.21. The standard InChI is InChI=1S/C10H19N3S/c1-7-8(6-10(2,3)11)14-9(12-7)13(4)5/h6,11H2,1-5H3. The zero-order valence-electron chi connectivity index (χ0n) is 9.59. The van der Waals surface area contributed by atoms with Gasteiger partial charge in [-0.1, -0.05) is 0 Å². The Bertz CT molecular complexity index is 310. The maximum atomic E-state index is 5.99. The fraction of sp³-hybridized carbons (Fsp3) is 0.700. The van der Waals surface area contributed by atoms with E-state index >= 15 is 0 Å². The summed E-state index contributed by atoms with van der Waals surface area (Å²) in [6.07, 6.45) is 0.893. The molecule has 0 unspecified atom stereocenters. The second-order valence-corrected chi connectivity index (χ2v) is 5.63. The second-order valence-electron chi connectivity index (χ2n) is 4.56. The van der Waals surface area contributed by atoms with Crippen molar-refractivity contribution in [3.63, 3.8) is 0 Å². The summed E-state index contributed by atoms with van der Waals surface area (Å²) in [6, 6.07) is 0. The molecular formula is C10H19N3S. The molecule has 14 heavy (non-hydrogen) atoms. The fourth-order valence-electron chi connectivity index (χ4n) is 1.18. The molecule has 0 aliphatic rings. The van der Waals surface area contributed by atoms with Crippen molar-refractivity contribution in [3.8, 4) is 0 Å². The van der Waals surface area contributed by atoms with E-state index in [2.05, 4.69) is 4.98 Å². The van der Waals surface area contributed by atoms with Gasteiger partial charge in [0.25, 0.3) is 0 Å². The molecule has 0 aliphatic heterocycles. The van der Waals surface area contributed by atoms with Crippen LogP contribution >= 0.6 is 11.3 Å². The number of hydrogen-bond donors (Lipinski definition) is 1. The number of nitrogens with two attached hydrogens (primary N) is 1. The smallest absolute Gasteiger partial charge is 0.185 e. The van der Waals surface area contributed by atoms with Crippen molar-refractivity contribution in [2.24, 2.45) is 5.73 Å². The Morgan fingerprint density at radius 3 is 2.36 bits per heavy atom. The van der Waals surface area contributed by atoms with Crippen LogP contribution in [0.15, 0.2) is 0 Å². The summed E-state index contributed by atoms with van der Waals surface area (Å²) >= 11 is 1.73. The average molecular weight is 213 g/mol. The van der Waals surface area contributed by atoms with Gasteiger partial charge in [-0.25, -0.2) is 4.98 Å². The monoisotopic (exact) mass is 213 g/mol. The lowest BCUT2D eigenvalue weighted by Gasteiger charge is -2.17. The first-order valence-electron chi connectivity index (χ1n) is 4.72. The van der Waals surface area contributed by atoms with Crippen LogP contribution in [0.3, 0.4) is 0 Å². The molecule has 0 bridgehead atoms. The first-order chi connectivity index (χ1) is 6.29. The Kier molecular flexibility index (Phi) is 3.17. The Hall–Kier alpha value is -0.610. The molecule has 0 aliphatic carbocycles. The predicted octanol–water partition coefficient (Wildman–Crippen LogP) is 1.80. The molecule has 0 amide bonds. The molecule has 0 saturated carbocycles. The summed E-state index contributed by atoms with van der Waals surface area (Å²) in [5.41, 5.74) is 6.94. The first-order valence-corrected chi connectivity index (χ1v) is 5.54. The van der Waals surface area contributed by atoms with Crippen LogP contribution in [0, 0.1) is 6.92 Å². The molecule has 0 radical (unpaired) electrons. The summed E-state index contributed by atoms with van der Waals surface area (Å²) in [6.45, 7) is 6.13. The topological polar surface area (TPSA) is 42.2 Å². The van der Waals surface area contributed by atoms with Crippen molar-refractivity contribution in [1.82, 2.24) is 4.98 Å². The van der Waals surface area contributed by atoms with Crippen LogP contribution in [0.25, 0.3) is 0 Å². The number of anilines is 1. The Morgan fingerprint density at radius 2 is 2.00 bits per heavy atom. The van der Waals surface area contributed by atoms with Crippen molar-refractivity contribution in [2.45, 2.75) is 32.7 Å². The van der Waals surface area contributed by atoms with Gasteiger partial charge in [-0.3, -0.25) is 0 Å². The molecule has 1 heterocycles. The summed E-state index contributed by atoms with van der Waals surface area (Å²) in [4.78, 5) is 7.81. The van der Waals surface area contributed by atoms with Gasteiger partial charge in [0.15, 0.2) is 5.13 Å². The lowest BCUT2D eigenvalue weighted by atomic mass is 10.0. The van der Waals surface area contributed by atoms with Crippen LogP contribution in [-0.2, 0) is 6.42 Å². The van der Waals surface area contributed by atoms with E-state index in [0.717, 1.165) is 17.2 Å². The second kappa shape index (κ2) is 3.87. The number of thiazole rings is 1. The van der Waals surface area contributed by atoms with Crippen LogP contribution in [0.5, 0.6) is 0 Å². The van der Waals surface area contributed by atoms with Gasteiger partial charge in [0, 0.05) is 30.9 Å². The Morgan fingerprint density at radius 1 is 1.43 bits per heavy atom. The highest BCUT2D eigenvalue weighted by atomic mass is 32.1. The molecule has 2 N–H and O–H groups in total. The van der Waals surface area contributed by atoms with E-state index in [0.29, 0.717) is 0 Å². The molecule has 0 fully saturated rings. The highest BCUT2D eigenvalue weighted by Gasteiger charge is 2.17. The SMILES string of the molecule is Cc1nc(N(C)C)sc1CC(C)(C)N. The number of rotatable bonds is 3. The largest absolute Gasteiger partial charge is 0.354 e. The molecular weight excluding hydrogens is 194 g/mol. The number of nitrogens with zero attached hydrogens (tertiary/aromatic N) is 2. The molecule has 1 aromatic rings. The van der Waals surface area contributed by atoms with Gasteiger partial charge in [-0.15, -0.1) is 11.3 Å². The van der Waals surface area contributed by atoms with Gasteiger partial charge < -0.3 is 10.6 Å². The van der Waals surface area contributed by atoms with Gasteiger partial charge in [-0.2, -0.15) is 0 Å². The zero-order valence-corrected chi connectivity index (χ0v) is 10.4. The normalized spacial score (nSPS) is 11.9. The minimum Gasteiger partial charge on any atom is -0.354 e. The van der Waals surface area contributed by atoms with Crippen LogP contribution in [0.4, 0.5) is 5.13 Å². The van der Waals surface area contributed by atoms with E-state index in [1.54, 1.807) is 11.3 Å². The fourth-order valence-corrected chi connectivity index (χ4v) is 2.40. The quantitative estimate of drug-likeness (QED) is 0.832. The Labute approximate surface area is 89.9 Å². The molecule has 0 saturated heterocycles. The van der Waals surface area contributed by atoms with Gasteiger partial charge in [-0.05, 0) is 20.8 Å². The highest BCUT2D eigenvalue weighted by Crippen LogP contribution is 2.26. The van der Waals surface area contributed by atoms with E-state index in [1.165, 1.54) is 4.88 Å². The molecule has 0 aromatic carbocycles. The van der Waals surface area contributed by atoms with Gasteiger partial charge >= 0.3 is 0 Å². The van der Waals surface area contributed by atoms with Crippen LogP contribution < -0.4 is 10.6 Å². The van der Waals surface area contributed by atoms with Crippen LogP contribution in [0.2, 0.25) is 0 Å². The summed E-state index contributed by atoms with van der Waals surface area (Å²) < 4.78 is 0. The average Bonchev–Trinajstić information content (AvgIpc) is 2.29. The van der Waals surface area contributed by atoms with Crippen molar-refractivity contribution in [3.05, 3.63) is 10.6 Å². The van der Waals surface area contributed by atoms with E-state index in [1.807, 2.05) is 39.8 Å². The number of aromatic nitrogens is 1. The first kappa shape index (κ1) is 11.5. The third kappa shape index (κ3) is 2.96. The van der Waals surface area contributed by atoms with Crippen LogP contribution in [0.1, 0.15) is 24.4 Å². The van der Waals surface area contributed by atoms with Gasteiger partial charge in [0.2, 0.25) is 0 Å². The Balaban J connectivity index is 2.88. The summed E-state index contributed by atoms with van der Waals surface area (Å²) in [7, 11) is 4.02. The van der Waals surface area contributed by atoms with Crippen molar-refractivity contribution in [1.29, 1.82) is 0 Å². The molecule has 80 valence electrons. The van der Waals surface area contributed by atoms with Crippen LogP contribution in [-0.4, -0.2) is 24.6 Å². The maximum Gasteiger partial charge on any atom is 0.185 e. The van der Waals surface area contributed by atoms with Crippen molar-refractivity contribution in [2.75, 3.05) is 19.0 Å². The van der Waals surface area contributed by atoms with E-state index in [9.17, 15) is 0 Å². The number of hydrogen-bond acceptors (Lipinski definition) is 4. The zero-order chi connectivity index (χ0) is 10.9. The van der Waals surface area contributed by atoms with Crippen molar-refractivity contribution < 1.29 is 0 Å². The molecule has 1 rings (SSSR count). The lowest BCUT2D eigenvalue weighted by Crippen LogP contribution is -2.34. The molecule has 3 nitrogen and oxygen atoms in total. The minimum atomic E-state index is -0.152. The number of aryl methyl sites for hydroxylation is 1. The van der Waals surface area contributed by atoms with Crippen molar-refractivity contribution >= 4 is 16.5 Å². The molecule has 4 heteroatoms. The summed E-state index contributed by atoms with van der Waals surface area (Å²) in [5.74, 6) is 0. The maximum absolute atomic E-state index is 5.99. The van der Waals surface area contributed by atoms with Gasteiger partial charge in [0.05, 0.1) is 5.69 Å². The third-order valence-electron chi connectivity index (χ3n) is 1.88. The lowest BCUT2D eigenvalue weighted by molar-refractivity contribution is 0.519. The molecule has 0 atom stereocenters. The van der Waals surface area contributed by atoms with E-state index < -0.39 is 0 Å². The van der Waals surface area contributed by atoms with E-state index in [-0.39, 0.29) is 5.54 Å². The molecule has 0 spiro atoms. The molecule has 1 aromatic heterocycles. The van der Waals surface area contributed by atoms with Gasteiger partial charge in [0.1, 0.15) is 0 Å². The highest BCUT2D eigenvalue weighted by molar-refractivity contribution is 7.15. The summed E-state index contributed by atoms with van der Waals surface area (Å²) in [5, 5.41) is 1.06. The predicted molar refractivity (Wildman–Crippen MR) is 63.1 cm³/mol. The minimum absolute atomic E-state index is 0.152.